The molecule has 0 spiro atoms. The van der Waals surface area contributed by atoms with Crippen LogP contribution >= 0.6 is 0 Å². The van der Waals surface area contributed by atoms with Gasteiger partial charge in [0, 0.05) is 12.0 Å². The summed E-state index contributed by atoms with van der Waals surface area (Å²) >= 11 is 0. The van der Waals surface area contributed by atoms with Crippen molar-refractivity contribution in [1.29, 1.82) is 0 Å². The van der Waals surface area contributed by atoms with Crippen LogP contribution < -0.4 is 5.32 Å². The lowest BCUT2D eigenvalue weighted by molar-refractivity contribution is -0.145. The van der Waals surface area contributed by atoms with Gasteiger partial charge in [0.25, 0.3) is 5.91 Å². The topological polar surface area (TPSA) is 98.8 Å². The Balaban J connectivity index is 1.91. The third-order valence-corrected chi connectivity index (χ3v) is 3.72. The predicted octanol–water partition coefficient (Wildman–Crippen LogP) is 1.56. The van der Waals surface area contributed by atoms with Crippen LogP contribution in [0.1, 0.15) is 26.3 Å². The number of amides is 1. The Bertz CT molecular complexity index is 801. The predicted molar refractivity (Wildman–Crippen MR) is 96.2 cm³/mol. The summed E-state index contributed by atoms with van der Waals surface area (Å²) in [5, 5.41) is 2.50. The number of benzene rings is 2. The van der Waals surface area contributed by atoms with Gasteiger partial charge in [-0.1, -0.05) is 42.5 Å². The number of nitrogens with one attached hydrogen (secondary N) is 1. The van der Waals surface area contributed by atoms with Gasteiger partial charge in [-0.25, -0.2) is 9.59 Å². The van der Waals surface area contributed by atoms with E-state index >= 15 is 0 Å². The fourth-order valence-electron chi connectivity index (χ4n) is 2.33. The molecule has 0 aromatic heterocycles. The molecule has 0 heterocycles. The standard InChI is InChI=1S/C20H19NO6/c1-26-20(25)17(11-14-5-3-2-4-6-14)21-18(23)13-27-19(24)16-9-7-15(12-22)8-10-16/h2-10,12,17H,11,13H2,1H3,(H,21,23)/t17-/m0/s1. The molecule has 2 aromatic rings. The zero-order valence-corrected chi connectivity index (χ0v) is 14.7. The summed E-state index contributed by atoms with van der Waals surface area (Å²) in [4.78, 5) is 46.5. The number of rotatable bonds is 8. The van der Waals surface area contributed by atoms with Gasteiger partial charge in [0.05, 0.1) is 12.7 Å². The highest BCUT2D eigenvalue weighted by atomic mass is 16.5. The lowest BCUT2D eigenvalue weighted by atomic mass is 10.1. The first-order valence-corrected chi connectivity index (χ1v) is 8.17. The maximum atomic E-state index is 12.1. The number of esters is 2. The molecule has 0 saturated carbocycles. The van der Waals surface area contributed by atoms with Crippen molar-refractivity contribution in [3.8, 4) is 0 Å². The van der Waals surface area contributed by atoms with Crippen molar-refractivity contribution in [2.75, 3.05) is 13.7 Å². The average molecular weight is 369 g/mol. The minimum atomic E-state index is -0.893. The van der Waals surface area contributed by atoms with Gasteiger partial charge in [-0.15, -0.1) is 0 Å². The van der Waals surface area contributed by atoms with Crippen molar-refractivity contribution in [2.45, 2.75) is 12.5 Å². The molecule has 0 aliphatic rings. The Labute approximate surface area is 156 Å². The van der Waals surface area contributed by atoms with Gasteiger partial charge >= 0.3 is 11.9 Å². The van der Waals surface area contributed by atoms with Gasteiger partial charge in [-0.2, -0.15) is 0 Å². The van der Waals surface area contributed by atoms with Crippen LogP contribution in [0.25, 0.3) is 0 Å². The molecule has 0 fully saturated rings. The Morgan fingerprint density at radius 1 is 1.04 bits per heavy atom. The molecule has 0 bridgehead atoms. The van der Waals surface area contributed by atoms with E-state index in [0.717, 1.165) is 5.56 Å². The molecule has 1 atom stereocenters. The van der Waals surface area contributed by atoms with E-state index in [-0.39, 0.29) is 12.0 Å². The largest absolute Gasteiger partial charge is 0.467 e. The molecule has 140 valence electrons. The first-order chi connectivity index (χ1) is 13.0. The summed E-state index contributed by atoms with van der Waals surface area (Å²) in [6, 6.07) is 14.0. The molecule has 7 nitrogen and oxygen atoms in total. The first-order valence-electron chi connectivity index (χ1n) is 8.17. The van der Waals surface area contributed by atoms with Gasteiger partial charge in [0.15, 0.2) is 6.61 Å². The summed E-state index contributed by atoms with van der Waals surface area (Å²) in [6.45, 7) is -0.545. The van der Waals surface area contributed by atoms with Gasteiger partial charge < -0.3 is 14.8 Å². The molecular formula is C20H19NO6. The van der Waals surface area contributed by atoms with Gasteiger partial charge in [-0.3, -0.25) is 9.59 Å². The van der Waals surface area contributed by atoms with E-state index in [0.29, 0.717) is 11.8 Å². The molecule has 2 rings (SSSR count). The third-order valence-electron chi connectivity index (χ3n) is 3.72. The average Bonchev–Trinajstić information content (AvgIpc) is 2.71. The molecule has 0 unspecified atom stereocenters. The van der Waals surface area contributed by atoms with Crippen LogP contribution in [0.3, 0.4) is 0 Å². The zero-order chi connectivity index (χ0) is 19.6. The van der Waals surface area contributed by atoms with Crippen LogP contribution in [0.5, 0.6) is 0 Å². The Morgan fingerprint density at radius 2 is 1.70 bits per heavy atom. The van der Waals surface area contributed by atoms with Crippen molar-refractivity contribution >= 4 is 24.1 Å². The molecule has 0 saturated heterocycles. The number of methoxy groups -OCH3 is 1. The van der Waals surface area contributed by atoms with Crippen molar-refractivity contribution in [3.63, 3.8) is 0 Å². The highest BCUT2D eigenvalue weighted by Crippen LogP contribution is 2.06. The monoisotopic (exact) mass is 369 g/mol. The van der Waals surface area contributed by atoms with E-state index in [1.807, 2.05) is 30.3 Å². The van der Waals surface area contributed by atoms with Crippen LogP contribution in [0, 0.1) is 0 Å². The second-order valence-electron chi connectivity index (χ2n) is 5.65. The minimum absolute atomic E-state index is 0.210. The molecular weight excluding hydrogens is 350 g/mol. The normalized spacial score (nSPS) is 11.1. The van der Waals surface area contributed by atoms with Crippen LogP contribution in [-0.2, 0) is 25.5 Å². The highest BCUT2D eigenvalue weighted by molar-refractivity contribution is 5.92. The van der Waals surface area contributed by atoms with Gasteiger partial charge in [0.2, 0.25) is 0 Å². The highest BCUT2D eigenvalue weighted by Gasteiger charge is 2.22. The molecule has 0 aliphatic carbocycles. The first kappa shape index (κ1) is 19.8. The maximum absolute atomic E-state index is 12.1. The number of carbonyl (C=O) groups excluding carboxylic acids is 4. The summed E-state index contributed by atoms with van der Waals surface area (Å²) in [7, 11) is 1.23. The van der Waals surface area contributed by atoms with E-state index in [2.05, 4.69) is 5.32 Å². The van der Waals surface area contributed by atoms with Crippen LogP contribution in [0.15, 0.2) is 54.6 Å². The summed E-state index contributed by atoms with van der Waals surface area (Å²) < 4.78 is 9.65. The summed E-state index contributed by atoms with van der Waals surface area (Å²) in [6.07, 6.45) is 0.905. The van der Waals surface area contributed by atoms with Crippen LogP contribution in [0.2, 0.25) is 0 Å². The molecule has 27 heavy (non-hydrogen) atoms. The smallest absolute Gasteiger partial charge is 0.338 e. The van der Waals surface area contributed by atoms with Crippen molar-refractivity contribution in [2.24, 2.45) is 0 Å². The number of ether oxygens (including phenoxy) is 2. The zero-order valence-electron chi connectivity index (χ0n) is 14.7. The van der Waals surface area contributed by atoms with Gasteiger partial charge in [-0.05, 0) is 17.7 Å². The number of hydrogen-bond acceptors (Lipinski definition) is 6. The maximum Gasteiger partial charge on any atom is 0.338 e. The molecule has 0 radical (unpaired) electrons. The molecule has 1 N–H and O–H groups in total. The van der Waals surface area contributed by atoms with E-state index in [1.54, 1.807) is 0 Å². The summed E-state index contributed by atoms with van der Waals surface area (Å²) in [5.74, 6) is -1.93. The number of aldehydes is 1. The Morgan fingerprint density at radius 3 is 2.30 bits per heavy atom. The van der Waals surface area contributed by atoms with Crippen molar-refractivity contribution in [1.82, 2.24) is 5.32 Å². The van der Waals surface area contributed by atoms with E-state index in [4.69, 9.17) is 9.47 Å². The van der Waals surface area contributed by atoms with E-state index in [1.165, 1.54) is 31.4 Å². The van der Waals surface area contributed by atoms with E-state index < -0.39 is 30.5 Å². The Hall–Kier alpha value is -3.48. The number of hydrogen-bond donors (Lipinski definition) is 1. The second-order valence-corrected chi connectivity index (χ2v) is 5.65. The van der Waals surface area contributed by atoms with Crippen LogP contribution in [-0.4, -0.2) is 43.9 Å². The minimum Gasteiger partial charge on any atom is -0.467 e. The lowest BCUT2D eigenvalue weighted by Gasteiger charge is -2.16. The summed E-state index contributed by atoms with van der Waals surface area (Å²) in [5.41, 5.74) is 1.48. The number of carbonyl (C=O) groups is 4. The van der Waals surface area contributed by atoms with Crippen LogP contribution in [0.4, 0.5) is 0 Å². The molecule has 1 amide bonds. The Kier molecular flexibility index (Phi) is 7.25. The SMILES string of the molecule is COC(=O)[C@H](Cc1ccccc1)NC(=O)COC(=O)c1ccc(C=O)cc1. The van der Waals surface area contributed by atoms with E-state index in [9.17, 15) is 19.2 Å². The fourth-order valence-corrected chi connectivity index (χ4v) is 2.33. The quantitative estimate of drug-likeness (QED) is 0.560. The second kappa shape index (κ2) is 9.86. The molecule has 0 aliphatic heterocycles. The van der Waals surface area contributed by atoms with Crippen molar-refractivity contribution in [3.05, 3.63) is 71.3 Å². The van der Waals surface area contributed by atoms with Gasteiger partial charge in [0.1, 0.15) is 12.3 Å². The third kappa shape index (κ3) is 6.07. The van der Waals surface area contributed by atoms with Crippen molar-refractivity contribution < 1.29 is 28.7 Å². The molecule has 7 heteroatoms. The lowest BCUT2D eigenvalue weighted by Crippen LogP contribution is -2.44. The molecule has 2 aromatic carbocycles. The fraction of sp³-hybridized carbons (Fsp3) is 0.200.